The summed E-state index contributed by atoms with van der Waals surface area (Å²) in [6.45, 7) is 0. The maximum Gasteiger partial charge on any atom is 0.262 e. The molecule has 1 heterocycles. The van der Waals surface area contributed by atoms with Gasteiger partial charge in [-0.1, -0.05) is 18.2 Å². The van der Waals surface area contributed by atoms with Gasteiger partial charge in [-0.25, -0.2) is 9.97 Å². The van der Waals surface area contributed by atoms with Crippen LogP contribution in [0.25, 0.3) is 0 Å². The van der Waals surface area contributed by atoms with E-state index in [1.54, 1.807) is 19.4 Å². The van der Waals surface area contributed by atoms with Gasteiger partial charge in [0.15, 0.2) is 5.82 Å². The molecule has 0 atom stereocenters. The lowest BCUT2D eigenvalue weighted by atomic mass is 10.3. The summed E-state index contributed by atoms with van der Waals surface area (Å²) < 4.78 is 5.56. The fourth-order valence-electron chi connectivity index (χ4n) is 1.17. The van der Waals surface area contributed by atoms with Crippen molar-refractivity contribution in [3.8, 4) is 11.6 Å². The molecule has 0 amide bonds. The summed E-state index contributed by atoms with van der Waals surface area (Å²) in [6.07, 6.45) is 3.21. The van der Waals surface area contributed by atoms with Gasteiger partial charge in [-0.05, 0) is 12.1 Å². The first kappa shape index (κ1) is 9.45. The second-order valence-electron chi connectivity index (χ2n) is 2.88. The van der Waals surface area contributed by atoms with Crippen molar-refractivity contribution < 1.29 is 4.74 Å². The summed E-state index contributed by atoms with van der Waals surface area (Å²) in [5.41, 5.74) is 0. The molecule has 0 fully saturated rings. The standard InChI is InChI=1S/C11H11N3O/c1-12-10-11(14-8-7-13-10)15-9-5-3-2-4-6-9/h2-8H,1H3,(H,12,13). The van der Waals surface area contributed by atoms with Gasteiger partial charge in [0.2, 0.25) is 0 Å². The van der Waals surface area contributed by atoms with Crippen molar-refractivity contribution in [1.82, 2.24) is 9.97 Å². The second kappa shape index (κ2) is 4.41. The molecule has 0 aliphatic heterocycles. The molecule has 15 heavy (non-hydrogen) atoms. The van der Waals surface area contributed by atoms with Gasteiger partial charge >= 0.3 is 0 Å². The van der Waals surface area contributed by atoms with Crippen LogP contribution in [0.3, 0.4) is 0 Å². The number of hydrogen-bond donors (Lipinski definition) is 1. The summed E-state index contributed by atoms with van der Waals surface area (Å²) in [6, 6.07) is 9.49. The summed E-state index contributed by atoms with van der Waals surface area (Å²) in [4.78, 5) is 8.19. The number of anilines is 1. The van der Waals surface area contributed by atoms with Crippen LogP contribution in [0.2, 0.25) is 0 Å². The molecule has 0 spiro atoms. The molecule has 2 aromatic rings. The zero-order valence-corrected chi connectivity index (χ0v) is 8.34. The van der Waals surface area contributed by atoms with Gasteiger partial charge < -0.3 is 10.1 Å². The van der Waals surface area contributed by atoms with Crippen molar-refractivity contribution in [3.05, 3.63) is 42.7 Å². The van der Waals surface area contributed by atoms with Gasteiger partial charge in [0.25, 0.3) is 5.88 Å². The minimum atomic E-state index is 0.478. The Morgan fingerprint density at radius 2 is 1.80 bits per heavy atom. The van der Waals surface area contributed by atoms with Crippen molar-refractivity contribution in [2.24, 2.45) is 0 Å². The van der Waals surface area contributed by atoms with Crippen LogP contribution >= 0.6 is 0 Å². The SMILES string of the molecule is CNc1nccnc1Oc1ccccc1. The van der Waals surface area contributed by atoms with E-state index in [1.165, 1.54) is 0 Å². The molecule has 1 N–H and O–H groups in total. The maximum absolute atomic E-state index is 5.56. The Hall–Kier alpha value is -2.10. The molecular formula is C11H11N3O. The third kappa shape index (κ3) is 2.22. The van der Waals surface area contributed by atoms with E-state index in [1.807, 2.05) is 30.3 Å². The zero-order valence-electron chi connectivity index (χ0n) is 8.34. The van der Waals surface area contributed by atoms with Gasteiger partial charge in [0, 0.05) is 19.4 Å². The van der Waals surface area contributed by atoms with Crippen molar-refractivity contribution in [2.45, 2.75) is 0 Å². The molecule has 1 aromatic heterocycles. The molecule has 1 aromatic carbocycles. The fraction of sp³-hybridized carbons (Fsp3) is 0.0909. The molecule has 0 unspecified atom stereocenters. The number of nitrogens with one attached hydrogen (secondary N) is 1. The summed E-state index contributed by atoms with van der Waals surface area (Å²) in [7, 11) is 1.78. The Kier molecular flexibility index (Phi) is 2.78. The molecule has 0 radical (unpaired) electrons. The highest BCUT2D eigenvalue weighted by atomic mass is 16.5. The summed E-state index contributed by atoms with van der Waals surface area (Å²) >= 11 is 0. The molecular weight excluding hydrogens is 190 g/mol. The van der Waals surface area contributed by atoms with Crippen LogP contribution in [0.1, 0.15) is 0 Å². The number of aromatic nitrogens is 2. The van der Waals surface area contributed by atoms with E-state index in [2.05, 4.69) is 15.3 Å². The number of rotatable bonds is 3. The Balaban J connectivity index is 2.24. The molecule has 0 bridgehead atoms. The van der Waals surface area contributed by atoms with Crippen LogP contribution in [-0.2, 0) is 0 Å². The first-order valence-electron chi connectivity index (χ1n) is 4.62. The highest BCUT2D eigenvalue weighted by Gasteiger charge is 2.04. The average molecular weight is 201 g/mol. The maximum atomic E-state index is 5.56. The Labute approximate surface area is 88.0 Å². The monoisotopic (exact) mass is 201 g/mol. The number of para-hydroxylation sites is 1. The largest absolute Gasteiger partial charge is 0.436 e. The Morgan fingerprint density at radius 1 is 1.07 bits per heavy atom. The molecule has 2 rings (SSSR count). The van der Waals surface area contributed by atoms with E-state index in [4.69, 9.17) is 4.74 Å². The van der Waals surface area contributed by atoms with Crippen molar-refractivity contribution in [3.63, 3.8) is 0 Å². The molecule has 4 nitrogen and oxygen atoms in total. The van der Waals surface area contributed by atoms with E-state index in [9.17, 15) is 0 Å². The van der Waals surface area contributed by atoms with Gasteiger partial charge in [0.05, 0.1) is 0 Å². The smallest absolute Gasteiger partial charge is 0.262 e. The molecule has 0 aliphatic carbocycles. The van der Waals surface area contributed by atoms with E-state index >= 15 is 0 Å². The van der Waals surface area contributed by atoms with Gasteiger partial charge in [-0.3, -0.25) is 0 Å². The molecule has 0 saturated carbocycles. The van der Waals surface area contributed by atoms with Crippen LogP contribution in [0.5, 0.6) is 11.6 Å². The van der Waals surface area contributed by atoms with Crippen molar-refractivity contribution in [2.75, 3.05) is 12.4 Å². The van der Waals surface area contributed by atoms with E-state index in [0.29, 0.717) is 11.7 Å². The minimum Gasteiger partial charge on any atom is -0.436 e. The van der Waals surface area contributed by atoms with Crippen LogP contribution < -0.4 is 10.1 Å². The molecule has 0 saturated heterocycles. The van der Waals surface area contributed by atoms with Gasteiger partial charge in [0.1, 0.15) is 5.75 Å². The lowest BCUT2D eigenvalue weighted by molar-refractivity contribution is 0.463. The Morgan fingerprint density at radius 3 is 2.53 bits per heavy atom. The van der Waals surface area contributed by atoms with Crippen molar-refractivity contribution in [1.29, 1.82) is 0 Å². The van der Waals surface area contributed by atoms with E-state index in [0.717, 1.165) is 5.75 Å². The third-order valence-corrected chi connectivity index (χ3v) is 1.86. The lowest BCUT2D eigenvalue weighted by Crippen LogP contribution is -1.97. The van der Waals surface area contributed by atoms with E-state index in [-0.39, 0.29) is 0 Å². The van der Waals surface area contributed by atoms with E-state index < -0.39 is 0 Å². The first-order chi connectivity index (χ1) is 7.40. The fourth-order valence-corrected chi connectivity index (χ4v) is 1.17. The quantitative estimate of drug-likeness (QED) is 0.827. The number of nitrogens with zero attached hydrogens (tertiary/aromatic N) is 2. The van der Waals surface area contributed by atoms with Crippen molar-refractivity contribution >= 4 is 5.82 Å². The summed E-state index contributed by atoms with van der Waals surface area (Å²) in [5.74, 6) is 1.85. The van der Waals surface area contributed by atoms with Gasteiger partial charge in [-0.15, -0.1) is 0 Å². The topological polar surface area (TPSA) is 47.0 Å². The first-order valence-corrected chi connectivity index (χ1v) is 4.62. The highest BCUT2D eigenvalue weighted by Crippen LogP contribution is 2.23. The average Bonchev–Trinajstić information content (AvgIpc) is 2.31. The van der Waals surface area contributed by atoms with Crippen LogP contribution in [-0.4, -0.2) is 17.0 Å². The van der Waals surface area contributed by atoms with Crippen LogP contribution in [0.15, 0.2) is 42.7 Å². The van der Waals surface area contributed by atoms with Crippen LogP contribution in [0.4, 0.5) is 5.82 Å². The third-order valence-electron chi connectivity index (χ3n) is 1.86. The molecule has 4 heteroatoms. The minimum absolute atomic E-state index is 0.478. The Bertz CT molecular complexity index is 431. The molecule has 76 valence electrons. The van der Waals surface area contributed by atoms with Gasteiger partial charge in [-0.2, -0.15) is 0 Å². The summed E-state index contributed by atoms with van der Waals surface area (Å²) in [5, 5.41) is 2.92. The number of benzene rings is 1. The predicted octanol–water partition coefficient (Wildman–Crippen LogP) is 2.31. The number of hydrogen-bond acceptors (Lipinski definition) is 4. The lowest BCUT2D eigenvalue weighted by Gasteiger charge is -2.07. The van der Waals surface area contributed by atoms with Crippen LogP contribution in [0, 0.1) is 0 Å². The predicted molar refractivity (Wildman–Crippen MR) is 58.1 cm³/mol. The number of ether oxygens (including phenoxy) is 1. The highest BCUT2D eigenvalue weighted by molar-refractivity contribution is 5.45. The molecule has 0 aliphatic rings. The zero-order chi connectivity index (χ0) is 10.5. The normalized spacial score (nSPS) is 9.67. The second-order valence-corrected chi connectivity index (χ2v) is 2.88.